The fraction of sp³-hybridized carbons (Fsp3) is 0.294. The van der Waals surface area contributed by atoms with Gasteiger partial charge in [-0.3, -0.25) is 4.79 Å². The number of anilines is 1. The van der Waals surface area contributed by atoms with Crippen molar-refractivity contribution >= 4 is 17.6 Å². The number of allylic oxidation sites excluding steroid dienone is 2. The summed E-state index contributed by atoms with van der Waals surface area (Å²) in [5.74, 6) is -0.633. The molecule has 1 aliphatic rings. The van der Waals surface area contributed by atoms with Crippen LogP contribution in [0.4, 0.5) is 5.69 Å². The minimum Gasteiger partial charge on any atom is -0.498 e. The highest BCUT2D eigenvalue weighted by atomic mass is 16.5. The van der Waals surface area contributed by atoms with E-state index < -0.39 is 5.97 Å². The van der Waals surface area contributed by atoms with Crippen molar-refractivity contribution in [3.8, 4) is 0 Å². The van der Waals surface area contributed by atoms with Crippen molar-refractivity contribution in [2.45, 2.75) is 18.9 Å². The maximum absolute atomic E-state index is 12.2. The van der Waals surface area contributed by atoms with Gasteiger partial charge >= 0.3 is 5.97 Å². The van der Waals surface area contributed by atoms with Gasteiger partial charge in [0, 0.05) is 20.0 Å². The molecule has 6 nitrogen and oxygen atoms in total. The fourth-order valence-electron chi connectivity index (χ4n) is 2.42. The van der Waals surface area contributed by atoms with Crippen LogP contribution >= 0.6 is 0 Å². The van der Waals surface area contributed by atoms with E-state index in [1.54, 1.807) is 38.5 Å². The summed E-state index contributed by atoms with van der Waals surface area (Å²) in [6, 6.07) is 6.31. The Morgan fingerprint density at radius 3 is 2.65 bits per heavy atom. The van der Waals surface area contributed by atoms with Crippen LogP contribution in [-0.2, 0) is 14.3 Å². The highest BCUT2D eigenvalue weighted by molar-refractivity contribution is 6.01. The van der Waals surface area contributed by atoms with Crippen LogP contribution in [0.3, 0.4) is 0 Å². The van der Waals surface area contributed by atoms with Crippen molar-refractivity contribution in [3.05, 3.63) is 53.3 Å². The Bertz CT molecular complexity index is 663. The normalized spacial score (nSPS) is 17.0. The lowest BCUT2D eigenvalue weighted by atomic mass is 9.98. The predicted octanol–water partition coefficient (Wildman–Crippen LogP) is 2.59. The molecule has 2 N–H and O–H groups in total. The average molecular weight is 317 g/mol. The van der Waals surface area contributed by atoms with Gasteiger partial charge in [0.25, 0.3) is 0 Å². The first kappa shape index (κ1) is 16.8. The minimum absolute atomic E-state index is 0.0646. The van der Waals surface area contributed by atoms with E-state index in [9.17, 15) is 9.59 Å². The monoisotopic (exact) mass is 317 g/mol. The Morgan fingerprint density at radius 1 is 1.26 bits per heavy atom. The van der Waals surface area contributed by atoms with Crippen LogP contribution in [-0.4, -0.2) is 37.3 Å². The smallest absolute Gasteiger partial charge is 0.337 e. The number of ether oxygens (including phenoxy) is 2. The molecule has 2 rings (SSSR count). The Labute approximate surface area is 134 Å². The second kappa shape index (κ2) is 7.60. The number of carbonyl (C=O) groups is 2. The molecule has 1 amide bonds. The molecule has 23 heavy (non-hydrogen) atoms. The number of carbonyl (C=O) groups excluding carboxylic acids is 1. The zero-order chi connectivity index (χ0) is 16.8. The minimum atomic E-state index is -1.08. The lowest BCUT2D eigenvalue weighted by molar-refractivity contribution is -0.115. The van der Waals surface area contributed by atoms with Gasteiger partial charge in [0.15, 0.2) is 0 Å². The van der Waals surface area contributed by atoms with Gasteiger partial charge < -0.3 is 19.9 Å². The van der Waals surface area contributed by atoms with Gasteiger partial charge in [-0.1, -0.05) is 23.8 Å². The lowest BCUT2D eigenvalue weighted by Gasteiger charge is -2.22. The molecule has 0 fully saturated rings. The zero-order valence-corrected chi connectivity index (χ0v) is 13.0. The number of hydrogen-bond acceptors (Lipinski definition) is 4. The van der Waals surface area contributed by atoms with Crippen LogP contribution in [0, 0.1) is 0 Å². The second-order valence-corrected chi connectivity index (χ2v) is 5.10. The Morgan fingerprint density at radius 2 is 2.00 bits per heavy atom. The van der Waals surface area contributed by atoms with E-state index in [2.05, 4.69) is 5.32 Å². The number of carboxylic acid groups (broad SMARTS) is 1. The van der Waals surface area contributed by atoms with E-state index in [0.29, 0.717) is 12.2 Å². The van der Waals surface area contributed by atoms with Crippen molar-refractivity contribution in [3.63, 3.8) is 0 Å². The number of para-hydroxylation sites is 1. The van der Waals surface area contributed by atoms with Crippen molar-refractivity contribution in [2.75, 3.05) is 19.5 Å². The van der Waals surface area contributed by atoms with E-state index in [4.69, 9.17) is 14.6 Å². The first-order valence-corrected chi connectivity index (χ1v) is 7.13. The average Bonchev–Trinajstić information content (AvgIpc) is 2.54. The molecular weight excluding hydrogens is 298 g/mol. The zero-order valence-electron chi connectivity index (χ0n) is 13.0. The van der Waals surface area contributed by atoms with Gasteiger partial charge in [-0.2, -0.15) is 0 Å². The number of benzene rings is 1. The molecule has 1 atom stereocenters. The molecule has 0 saturated carbocycles. The molecule has 0 aromatic heterocycles. The van der Waals surface area contributed by atoms with Gasteiger partial charge in [0.1, 0.15) is 11.9 Å². The molecule has 1 aliphatic carbocycles. The van der Waals surface area contributed by atoms with Gasteiger partial charge in [-0.05, 0) is 18.2 Å². The molecule has 122 valence electrons. The topological polar surface area (TPSA) is 84.9 Å². The summed E-state index contributed by atoms with van der Waals surface area (Å²) < 4.78 is 10.5. The van der Waals surface area contributed by atoms with Crippen LogP contribution in [0.2, 0.25) is 0 Å². The molecule has 0 bridgehead atoms. The first-order valence-electron chi connectivity index (χ1n) is 7.13. The quantitative estimate of drug-likeness (QED) is 0.842. The van der Waals surface area contributed by atoms with Gasteiger partial charge in [-0.15, -0.1) is 0 Å². The van der Waals surface area contributed by atoms with Crippen LogP contribution in [0.5, 0.6) is 0 Å². The summed E-state index contributed by atoms with van der Waals surface area (Å²) in [6.07, 6.45) is 4.13. The molecule has 1 aromatic carbocycles. The van der Waals surface area contributed by atoms with Crippen LogP contribution < -0.4 is 5.32 Å². The third-order valence-corrected chi connectivity index (χ3v) is 3.59. The SMILES string of the molecule is COC1=CC=C(CC(=O)Nc2ccccc2C(=O)O)CC1OC. The second-order valence-electron chi connectivity index (χ2n) is 5.10. The fourth-order valence-corrected chi connectivity index (χ4v) is 2.42. The number of amides is 1. The molecule has 1 aromatic rings. The maximum atomic E-state index is 12.2. The molecular formula is C17H19NO5. The summed E-state index contributed by atoms with van der Waals surface area (Å²) >= 11 is 0. The standard InChI is InChI=1S/C17H19NO5/c1-22-14-8-7-11(9-15(14)23-2)10-16(19)18-13-6-4-3-5-12(13)17(20)21/h3-8,15H,9-10H2,1-2H3,(H,18,19)(H,20,21). The molecule has 0 heterocycles. The summed E-state index contributed by atoms with van der Waals surface area (Å²) in [4.78, 5) is 23.3. The predicted molar refractivity (Wildman–Crippen MR) is 85.2 cm³/mol. The molecule has 1 unspecified atom stereocenters. The van der Waals surface area contributed by atoms with E-state index in [0.717, 1.165) is 5.57 Å². The molecule has 0 spiro atoms. The summed E-state index contributed by atoms with van der Waals surface area (Å²) in [7, 11) is 3.16. The Kier molecular flexibility index (Phi) is 5.54. The number of methoxy groups -OCH3 is 2. The van der Waals surface area contributed by atoms with Gasteiger partial charge in [0.2, 0.25) is 5.91 Å². The summed E-state index contributed by atoms with van der Waals surface area (Å²) in [5, 5.41) is 11.8. The third-order valence-electron chi connectivity index (χ3n) is 3.59. The van der Waals surface area contributed by atoms with Crippen molar-refractivity contribution < 1.29 is 24.2 Å². The first-order chi connectivity index (χ1) is 11.0. The van der Waals surface area contributed by atoms with Crippen LogP contribution in [0.25, 0.3) is 0 Å². The molecule has 0 saturated heterocycles. The van der Waals surface area contributed by atoms with Crippen molar-refractivity contribution in [2.24, 2.45) is 0 Å². The van der Waals surface area contributed by atoms with Crippen molar-refractivity contribution in [1.82, 2.24) is 0 Å². The molecule has 6 heteroatoms. The number of carboxylic acids is 1. The van der Waals surface area contributed by atoms with Crippen LogP contribution in [0.1, 0.15) is 23.2 Å². The third kappa shape index (κ3) is 4.20. The summed E-state index contributed by atoms with van der Waals surface area (Å²) in [6.45, 7) is 0. The van der Waals surface area contributed by atoms with E-state index in [-0.39, 0.29) is 29.7 Å². The number of hydrogen-bond donors (Lipinski definition) is 2. The number of rotatable bonds is 6. The molecule has 0 radical (unpaired) electrons. The summed E-state index contributed by atoms with van der Waals surface area (Å²) in [5.41, 5.74) is 1.25. The lowest BCUT2D eigenvalue weighted by Crippen LogP contribution is -2.21. The van der Waals surface area contributed by atoms with Gasteiger partial charge in [0.05, 0.1) is 18.4 Å². The van der Waals surface area contributed by atoms with Gasteiger partial charge in [-0.25, -0.2) is 4.79 Å². The van der Waals surface area contributed by atoms with E-state index in [1.807, 2.05) is 6.08 Å². The highest BCUT2D eigenvalue weighted by Gasteiger charge is 2.21. The number of nitrogens with one attached hydrogen (secondary N) is 1. The number of aromatic carboxylic acids is 1. The Balaban J connectivity index is 2.05. The maximum Gasteiger partial charge on any atom is 0.337 e. The molecule has 0 aliphatic heterocycles. The van der Waals surface area contributed by atoms with E-state index in [1.165, 1.54) is 6.07 Å². The highest BCUT2D eigenvalue weighted by Crippen LogP contribution is 2.24. The van der Waals surface area contributed by atoms with E-state index >= 15 is 0 Å². The Hall–Kier alpha value is -2.60. The largest absolute Gasteiger partial charge is 0.498 e. The van der Waals surface area contributed by atoms with Crippen LogP contribution in [0.15, 0.2) is 47.7 Å². The van der Waals surface area contributed by atoms with Crippen molar-refractivity contribution in [1.29, 1.82) is 0 Å².